The zero-order valence-electron chi connectivity index (χ0n) is 11.5. The van der Waals surface area contributed by atoms with Crippen molar-refractivity contribution in [2.45, 2.75) is 31.0 Å². The van der Waals surface area contributed by atoms with Crippen molar-refractivity contribution in [2.24, 2.45) is 11.7 Å². The van der Waals surface area contributed by atoms with E-state index in [9.17, 15) is 31.1 Å². The summed E-state index contributed by atoms with van der Waals surface area (Å²) in [7, 11) is 0. The van der Waals surface area contributed by atoms with Crippen LogP contribution in [-0.4, -0.2) is 17.9 Å². The molecule has 10 heteroatoms. The third-order valence-electron chi connectivity index (χ3n) is 3.45. The molecule has 2 rings (SSSR count). The van der Waals surface area contributed by atoms with Gasteiger partial charge in [-0.05, 0) is 18.2 Å². The molecule has 2 atom stereocenters. The number of halogens is 7. The molecule has 3 N–H and O–H groups in total. The Kier molecular flexibility index (Phi) is 5.58. The standard InChI is InChI=1S/C13H12F6N2O.ClH/c14-9-2-1-6(3-8(9)13(17,18)19)21-11(22)7-4-12(15,16)5-10(7)20;/h1-3,7,10H,4-5,20H2,(H,21,22);1H/t7-,10+;/m1./s1. The maximum Gasteiger partial charge on any atom is 0.419 e. The minimum absolute atomic E-state index is 0. The van der Waals surface area contributed by atoms with Gasteiger partial charge in [-0.15, -0.1) is 12.4 Å². The molecule has 0 bridgehead atoms. The van der Waals surface area contributed by atoms with E-state index >= 15 is 0 Å². The molecule has 0 aromatic heterocycles. The average Bonchev–Trinajstić information content (AvgIpc) is 2.64. The SMILES string of the molecule is Cl.N[C@H]1CC(F)(F)C[C@H]1C(=O)Nc1ccc(F)c(C(F)(F)F)c1. The van der Waals surface area contributed by atoms with Crippen LogP contribution in [-0.2, 0) is 11.0 Å². The number of nitrogens with one attached hydrogen (secondary N) is 1. The summed E-state index contributed by atoms with van der Waals surface area (Å²) in [5, 5.41) is 2.07. The van der Waals surface area contributed by atoms with E-state index in [1.807, 2.05) is 0 Å². The number of hydrogen-bond donors (Lipinski definition) is 2. The predicted octanol–water partition coefficient (Wildman–Crippen LogP) is 3.58. The second kappa shape index (κ2) is 6.56. The molecule has 1 aliphatic carbocycles. The maximum atomic E-state index is 13.2. The molecule has 1 aromatic rings. The van der Waals surface area contributed by atoms with Gasteiger partial charge in [0.25, 0.3) is 5.92 Å². The molecule has 0 saturated heterocycles. The van der Waals surface area contributed by atoms with Gasteiger partial charge in [-0.1, -0.05) is 0 Å². The van der Waals surface area contributed by atoms with E-state index in [0.29, 0.717) is 12.1 Å². The van der Waals surface area contributed by atoms with Gasteiger partial charge in [-0.3, -0.25) is 4.79 Å². The van der Waals surface area contributed by atoms with Gasteiger partial charge in [0.05, 0.1) is 11.5 Å². The summed E-state index contributed by atoms with van der Waals surface area (Å²) in [5.41, 5.74) is 3.57. The van der Waals surface area contributed by atoms with Crippen molar-refractivity contribution >= 4 is 24.0 Å². The number of hydrogen-bond acceptors (Lipinski definition) is 2. The minimum Gasteiger partial charge on any atom is -0.327 e. The lowest BCUT2D eigenvalue weighted by Gasteiger charge is -2.16. The van der Waals surface area contributed by atoms with E-state index in [4.69, 9.17) is 5.73 Å². The molecule has 1 saturated carbocycles. The Morgan fingerprint density at radius 1 is 1.26 bits per heavy atom. The van der Waals surface area contributed by atoms with Gasteiger partial charge >= 0.3 is 6.18 Å². The normalized spacial score (nSPS) is 23.3. The fraction of sp³-hybridized carbons (Fsp3) is 0.462. The number of rotatable bonds is 2. The number of nitrogens with two attached hydrogens (primary N) is 1. The zero-order chi connectivity index (χ0) is 16.7. The van der Waals surface area contributed by atoms with Crippen LogP contribution in [0.1, 0.15) is 18.4 Å². The number of alkyl halides is 5. The molecule has 0 radical (unpaired) electrons. The van der Waals surface area contributed by atoms with Crippen LogP contribution >= 0.6 is 12.4 Å². The van der Waals surface area contributed by atoms with E-state index in [1.54, 1.807) is 0 Å². The van der Waals surface area contributed by atoms with E-state index < -0.39 is 54.2 Å². The Bertz CT molecular complexity index is 592. The molecule has 0 aliphatic heterocycles. The van der Waals surface area contributed by atoms with Crippen LogP contribution in [0, 0.1) is 11.7 Å². The molecule has 1 aromatic carbocycles. The van der Waals surface area contributed by atoms with Crippen molar-refractivity contribution in [2.75, 3.05) is 5.32 Å². The zero-order valence-corrected chi connectivity index (χ0v) is 12.3. The van der Waals surface area contributed by atoms with E-state index in [2.05, 4.69) is 5.32 Å². The van der Waals surface area contributed by atoms with E-state index in [-0.39, 0.29) is 18.1 Å². The third kappa shape index (κ3) is 4.51. The van der Waals surface area contributed by atoms with Crippen molar-refractivity contribution in [1.29, 1.82) is 0 Å². The number of carbonyl (C=O) groups excluding carboxylic acids is 1. The van der Waals surface area contributed by atoms with Gasteiger partial charge in [-0.25, -0.2) is 13.2 Å². The van der Waals surface area contributed by atoms with Crippen LogP contribution in [0.4, 0.5) is 32.0 Å². The highest BCUT2D eigenvalue weighted by Gasteiger charge is 2.47. The second-order valence-electron chi connectivity index (χ2n) is 5.22. The van der Waals surface area contributed by atoms with Gasteiger partial charge in [0.1, 0.15) is 5.82 Å². The van der Waals surface area contributed by atoms with Gasteiger partial charge in [0.2, 0.25) is 5.91 Å². The molecule has 23 heavy (non-hydrogen) atoms. The fourth-order valence-corrected chi connectivity index (χ4v) is 2.39. The summed E-state index contributed by atoms with van der Waals surface area (Å²) in [4.78, 5) is 11.9. The summed E-state index contributed by atoms with van der Waals surface area (Å²) in [6, 6.07) is 0.784. The first-order valence-electron chi connectivity index (χ1n) is 6.30. The second-order valence-corrected chi connectivity index (χ2v) is 5.22. The lowest BCUT2D eigenvalue weighted by atomic mass is 10.0. The van der Waals surface area contributed by atoms with Crippen molar-refractivity contribution in [3.8, 4) is 0 Å². The van der Waals surface area contributed by atoms with Crippen LogP contribution in [0.2, 0.25) is 0 Å². The number of anilines is 1. The highest BCUT2D eigenvalue weighted by molar-refractivity contribution is 5.93. The Balaban J connectivity index is 0.00000264. The molecular formula is C13H13ClF6N2O. The highest BCUT2D eigenvalue weighted by Crippen LogP contribution is 2.39. The average molecular weight is 363 g/mol. The first kappa shape index (κ1) is 19.6. The smallest absolute Gasteiger partial charge is 0.327 e. The first-order valence-corrected chi connectivity index (χ1v) is 6.30. The Morgan fingerprint density at radius 3 is 2.35 bits per heavy atom. The topological polar surface area (TPSA) is 55.1 Å². The van der Waals surface area contributed by atoms with E-state index in [1.165, 1.54) is 0 Å². The molecule has 1 aliphatic rings. The summed E-state index contributed by atoms with van der Waals surface area (Å²) in [6.07, 6.45) is -6.36. The van der Waals surface area contributed by atoms with Crippen LogP contribution in [0.3, 0.4) is 0 Å². The van der Waals surface area contributed by atoms with Crippen LogP contribution in [0.15, 0.2) is 18.2 Å². The Morgan fingerprint density at radius 2 is 1.87 bits per heavy atom. The van der Waals surface area contributed by atoms with Crippen LogP contribution < -0.4 is 11.1 Å². The largest absolute Gasteiger partial charge is 0.419 e. The van der Waals surface area contributed by atoms with Gasteiger partial charge < -0.3 is 11.1 Å². The van der Waals surface area contributed by atoms with Crippen LogP contribution in [0.25, 0.3) is 0 Å². The summed E-state index contributed by atoms with van der Waals surface area (Å²) < 4.78 is 77.1. The highest BCUT2D eigenvalue weighted by atomic mass is 35.5. The van der Waals surface area contributed by atoms with Crippen LogP contribution in [0.5, 0.6) is 0 Å². The quantitative estimate of drug-likeness (QED) is 0.790. The van der Waals surface area contributed by atoms with Gasteiger partial charge in [0.15, 0.2) is 0 Å². The summed E-state index contributed by atoms with van der Waals surface area (Å²) >= 11 is 0. The number of carbonyl (C=O) groups is 1. The molecule has 130 valence electrons. The molecule has 1 fully saturated rings. The first-order chi connectivity index (χ1) is 9.99. The lowest BCUT2D eigenvalue weighted by Crippen LogP contribution is -2.34. The van der Waals surface area contributed by atoms with Crippen molar-refractivity contribution in [1.82, 2.24) is 0 Å². The summed E-state index contributed by atoms with van der Waals surface area (Å²) in [5.74, 6) is -6.70. The molecular weight excluding hydrogens is 350 g/mol. The van der Waals surface area contributed by atoms with E-state index in [0.717, 1.165) is 6.07 Å². The van der Waals surface area contributed by atoms with Gasteiger partial charge in [-0.2, -0.15) is 13.2 Å². The number of benzene rings is 1. The van der Waals surface area contributed by atoms with Crippen molar-refractivity contribution in [3.63, 3.8) is 0 Å². The molecule has 0 spiro atoms. The fourth-order valence-electron chi connectivity index (χ4n) is 2.39. The maximum absolute atomic E-state index is 13.2. The number of amides is 1. The summed E-state index contributed by atoms with van der Waals surface area (Å²) in [6.45, 7) is 0. The Hall–Kier alpha value is -1.48. The monoisotopic (exact) mass is 362 g/mol. The van der Waals surface area contributed by atoms with Crippen molar-refractivity contribution in [3.05, 3.63) is 29.6 Å². The molecule has 1 amide bonds. The third-order valence-corrected chi connectivity index (χ3v) is 3.45. The molecule has 0 heterocycles. The predicted molar refractivity (Wildman–Crippen MR) is 72.9 cm³/mol. The minimum atomic E-state index is -4.93. The van der Waals surface area contributed by atoms with Crippen molar-refractivity contribution < 1.29 is 31.1 Å². The van der Waals surface area contributed by atoms with Gasteiger partial charge in [0, 0.05) is 24.6 Å². The molecule has 0 unspecified atom stereocenters. The molecule has 3 nitrogen and oxygen atoms in total. The lowest BCUT2D eigenvalue weighted by molar-refractivity contribution is -0.140. The Labute approximate surface area is 133 Å².